The minimum Gasteiger partial charge on any atom is -0.396 e. The molecule has 1 unspecified atom stereocenters. The van der Waals surface area contributed by atoms with Gasteiger partial charge in [-0.25, -0.2) is 0 Å². The minimum atomic E-state index is -0.403. The molecule has 1 atom stereocenters. The van der Waals surface area contributed by atoms with Crippen LogP contribution >= 0.6 is 0 Å². The van der Waals surface area contributed by atoms with Crippen molar-refractivity contribution in [2.75, 3.05) is 6.61 Å². The van der Waals surface area contributed by atoms with E-state index in [1.165, 1.54) is 31.4 Å². The Kier molecular flexibility index (Phi) is 14.6. The number of non-ortho nitro benzene ring substituents is 1. The van der Waals surface area contributed by atoms with Crippen LogP contribution in [0.15, 0.2) is 24.3 Å². The predicted molar refractivity (Wildman–Crippen MR) is 85.0 cm³/mol. The fourth-order valence-electron chi connectivity index (χ4n) is 1.31. The van der Waals surface area contributed by atoms with Crippen molar-refractivity contribution in [1.82, 2.24) is 0 Å². The lowest BCUT2D eigenvalue weighted by Crippen LogP contribution is -1.98. The van der Waals surface area contributed by atoms with Gasteiger partial charge in [0.1, 0.15) is 0 Å². The zero-order valence-corrected chi connectivity index (χ0v) is 13.4. The van der Waals surface area contributed by atoms with Crippen molar-refractivity contribution in [2.24, 2.45) is 5.92 Å². The lowest BCUT2D eigenvalue weighted by atomic mass is 10.1. The standard InChI is InChI=1S/C7H7NO2.C7H16O.C2H6/c1-6-2-4-7(5-3-6)8(9)10;1-3-4-5-7(2)6-8;1-2/h2-5H,1H3;7-8H,3-6H2,1-2H3;1-2H3. The Balaban J connectivity index is 0. The first kappa shape index (κ1) is 20.9. The molecular weight excluding hydrogens is 254 g/mol. The van der Waals surface area contributed by atoms with E-state index in [9.17, 15) is 10.1 Å². The van der Waals surface area contributed by atoms with Gasteiger partial charge in [-0.2, -0.15) is 0 Å². The Morgan fingerprint density at radius 2 is 1.75 bits per heavy atom. The molecule has 0 aliphatic heterocycles. The Morgan fingerprint density at radius 3 is 2.10 bits per heavy atom. The van der Waals surface area contributed by atoms with Gasteiger partial charge in [0.05, 0.1) is 4.92 Å². The van der Waals surface area contributed by atoms with Crippen LogP contribution in [0.25, 0.3) is 0 Å². The lowest BCUT2D eigenvalue weighted by molar-refractivity contribution is -0.384. The maximum atomic E-state index is 10.1. The van der Waals surface area contributed by atoms with Gasteiger partial charge in [-0.3, -0.25) is 10.1 Å². The van der Waals surface area contributed by atoms with E-state index in [0.717, 1.165) is 5.56 Å². The number of aryl methyl sites for hydroxylation is 1. The zero-order chi connectivity index (χ0) is 16.0. The summed E-state index contributed by atoms with van der Waals surface area (Å²) >= 11 is 0. The van der Waals surface area contributed by atoms with Crippen LogP contribution in [-0.2, 0) is 0 Å². The van der Waals surface area contributed by atoms with Crippen LogP contribution in [0, 0.1) is 23.0 Å². The molecule has 0 aromatic heterocycles. The average Bonchev–Trinajstić information content (AvgIpc) is 2.48. The van der Waals surface area contributed by atoms with Gasteiger partial charge in [-0.15, -0.1) is 0 Å². The Labute approximate surface area is 123 Å². The van der Waals surface area contributed by atoms with Crippen LogP contribution in [0.4, 0.5) is 5.69 Å². The molecule has 0 spiro atoms. The van der Waals surface area contributed by atoms with Crippen LogP contribution < -0.4 is 0 Å². The highest BCUT2D eigenvalue weighted by molar-refractivity contribution is 5.31. The number of hydrogen-bond donors (Lipinski definition) is 1. The normalized spacial score (nSPS) is 10.5. The molecule has 20 heavy (non-hydrogen) atoms. The number of unbranched alkanes of at least 4 members (excludes halogenated alkanes) is 1. The second-order valence-corrected chi connectivity index (χ2v) is 4.52. The third-order valence-electron chi connectivity index (χ3n) is 2.61. The van der Waals surface area contributed by atoms with E-state index >= 15 is 0 Å². The summed E-state index contributed by atoms with van der Waals surface area (Å²) in [6.07, 6.45) is 3.67. The van der Waals surface area contributed by atoms with Gasteiger partial charge >= 0.3 is 0 Å². The molecular formula is C16H29NO3. The fourth-order valence-corrected chi connectivity index (χ4v) is 1.31. The van der Waals surface area contributed by atoms with Gasteiger partial charge in [0.25, 0.3) is 5.69 Å². The maximum absolute atomic E-state index is 10.1. The topological polar surface area (TPSA) is 63.4 Å². The third kappa shape index (κ3) is 11.7. The van der Waals surface area contributed by atoms with E-state index in [4.69, 9.17) is 5.11 Å². The zero-order valence-electron chi connectivity index (χ0n) is 13.4. The van der Waals surface area contributed by atoms with Crippen molar-refractivity contribution < 1.29 is 10.0 Å². The van der Waals surface area contributed by atoms with Gasteiger partial charge in [0.2, 0.25) is 0 Å². The van der Waals surface area contributed by atoms with Crippen LogP contribution in [0.3, 0.4) is 0 Å². The molecule has 0 saturated heterocycles. The number of benzene rings is 1. The van der Waals surface area contributed by atoms with Crippen LogP contribution in [0.2, 0.25) is 0 Å². The summed E-state index contributed by atoms with van der Waals surface area (Å²) in [5.74, 6) is 0.509. The van der Waals surface area contributed by atoms with E-state index in [0.29, 0.717) is 12.5 Å². The number of rotatable bonds is 5. The van der Waals surface area contributed by atoms with Gasteiger partial charge in [0.15, 0.2) is 0 Å². The molecule has 0 saturated carbocycles. The van der Waals surface area contributed by atoms with Gasteiger partial charge in [-0.05, 0) is 19.3 Å². The van der Waals surface area contributed by atoms with Crippen molar-refractivity contribution >= 4 is 5.69 Å². The first-order valence-corrected chi connectivity index (χ1v) is 7.33. The molecule has 1 rings (SSSR count). The van der Waals surface area contributed by atoms with E-state index < -0.39 is 4.92 Å². The monoisotopic (exact) mass is 283 g/mol. The Hall–Kier alpha value is -1.42. The highest BCUT2D eigenvalue weighted by Gasteiger charge is 2.00. The molecule has 0 aliphatic carbocycles. The number of nitro benzene ring substituents is 1. The fraction of sp³-hybridized carbons (Fsp3) is 0.625. The van der Waals surface area contributed by atoms with E-state index in [1.54, 1.807) is 12.1 Å². The molecule has 0 fully saturated rings. The summed E-state index contributed by atoms with van der Waals surface area (Å²) in [6.45, 7) is 10.5. The Morgan fingerprint density at radius 1 is 1.25 bits per heavy atom. The first-order chi connectivity index (χ1) is 9.51. The van der Waals surface area contributed by atoms with Crippen LogP contribution in [0.5, 0.6) is 0 Å². The number of hydrogen-bond acceptors (Lipinski definition) is 3. The third-order valence-corrected chi connectivity index (χ3v) is 2.61. The largest absolute Gasteiger partial charge is 0.396 e. The summed E-state index contributed by atoms with van der Waals surface area (Å²) in [7, 11) is 0. The van der Waals surface area contributed by atoms with Crippen LogP contribution in [-0.4, -0.2) is 16.6 Å². The Bertz CT molecular complexity index is 336. The molecule has 0 amide bonds. The summed E-state index contributed by atoms with van der Waals surface area (Å²) in [5, 5.41) is 18.7. The highest BCUT2D eigenvalue weighted by Crippen LogP contribution is 2.10. The van der Waals surface area contributed by atoms with Gasteiger partial charge in [-0.1, -0.05) is 58.2 Å². The molecule has 116 valence electrons. The molecule has 0 heterocycles. The highest BCUT2D eigenvalue weighted by atomic mass is 16.6. The molecule has 1 aromatic carbocycles. The second kappa shape index (κ2) is 14.0. The van der Waals surface area contributed by atoms with E-state index in [-0.39, 0.29) is 5.69 Å². The molecule has 1 aromatic rings. The number of nitro groups is 1. The van der Waals surface area contributed by atoms with Crippen molar-refractivity contribution in [3.8, 4) is 0 Å². The van der Waals surface area contributed by atoms with E-state index in [1.807, 2.05) is 20.8 Å². The number of nitrogens with zero attached hydrogens (tertiary/aromatic N) is 1. The first-order valence-electron chi connectivity index (χ1n) is 7.33. The summed E-state index contributed by atoms with van der Waals surface area (Å²) in [5.41, 5.74) is 1.18. The van der Waals surface area contributed by atoms with Crippen molar-refractivity contribution in [3.05, 3.63) is 39.9 Å². The molecule has 4 nitrogen and oxygen atoms in total. The van der Waals surface area contributed by atoms with Crippen LogP contribution in [0.1, 0.15) is 52.5 Å². The molecule has 4 heteroatoms. The van der Waals surface area contributed by atoms with Crippen molar-refractivity contribution in [2.45, 2.75) is 53.9 Å². The maximum Gasteiger partial charge on any atom is 0.269 e. The van der Waals surface area contributed by atoms with Crippen molar-refractivity contribution in [1.29, 1.82) is 0 Å². The molecule has 0 bridgehead atoms. The molecule has 0 aliphatic rings. The predicted octanol–water partition coefficient (Wildman–Crippen LogP) is 4.73. The molecule has 1 N–H and O–H groups in total. The smallest absolute Gasteiger partial charge is 0.269 e. The second-order valence-electron chi connectivity index (χ2n) is 4.52. The van der Waals surface area contributed by atoms with Crippen molar-refractivity contribution in [3.63, 3.8) is 0 Å². The van der Waals surface area contributed by atoms with Gasteiger partial charge < -0.3 is 5.11 Å². The lowest BCUT2D eigenvalue weighted by Gasteiger charge is -2.03. The quantitative estimate of drug-likeness (QED) is 0.627. The SMILES string of the molecule is CC.CCCCC(C)CO.Cc1ccc([N+](=O)[O-])cc1. The summed E-state index contributed by atoms with van der Waals surface area (Å²) in [6, 6.07) is 6.43. The van der Waals surface area contributed by atoms with E-state index in [2.05, 4.69) is 13.8 Å². The summed E-state index contributed by atoms with van der Waals surface area (Å²) in [4.78, 5) is 9.71. The van der Waals surface area contributed by atoms with Gasteiger partial charge in [0, 0.05) is 18.7 Å². The summed E-state index contributed by atoms with van der Waals surface area (Å²) < 4.78 is 0. The number of aliphatic hydroxyl groups excluding tert-OH is 1. The average molecular weight is 283 g/mol. The molecule has 0 radical (unpaired) electrons. The number of aliphatic hydroxyl groups is 1. The minimum absolute atomic E-state index is 0.144.